The van der Waals surface area contributed by atoms with Gasteiger partial charge in [0.05, 0.1) is 11.1 Å². The van der Waals surface area contributed by atoms with Gasteiger partial charge in [-0.15, -0.1) is 5.01 Å². The smallest absolute Gasteiger partial charge is 0.322 e. The average Bonchev–Trinajstić information content (AvgIpc) is 2.89. The molecule has 0 radical (unpaired) electrons. The number of hydrazone groups is 1. The zero-order valence-electron chi connectivity index (χ0n) is 15.0. The molecule has 1 fully saturated rings. The minimum absolute atomic E-state index is 0.00868. The lowest BCUT2D eigenvalue weighted by Gasteiger charge is -2.20. The zero-order valence-corrected chi connectivity index (χ0v) is 15.7. The predicted octanol–water partition coefficient (Wildman–Crippen LogP) is 3.53. The molecule has 0 unspecified atom stereocenters. The van der Waals surface area contributed by atoms with Gasteiger partial charge in [-0.1, -0.05) is 48.0 Å². The number of hydrogen-bond acceptors (Lipinski definition) is 5. The van der Waals surface area contributed by atoms with E-state index < -0.39 is 22.4 Å². The maximum Gasteiger partial charge on any atom is 0.346 e. The number of hydrogen-bond donors (Lipinski definition) is 1. The fourth-order valence-electron chi connectivity index (χ4n) is 2.86. The van der Waals surface area contributed by atoms with Crippen molar-refractivity contribution in [3.05, 3.63) is 74.8 Å². The molecular formula is C19H17ClN4O4. The number of halogens is 1. The molecule has 3 rings (SSSR count). The van der Waals surface area contributed by atoms with E-state index in [9.17, 15) is 19.7 Å². The first-order valence-electron chi connectivity index (χ1n) is 8.49. The van der Waals surface area contributed by atoms with Crippen LogP contribution >= 0.6 is 11.6 Å². The van der Waals surface area contributed by atoms with Crippen LogP contribution in [0.15, 0.2) is 53.6 Å². The first-order valence-corrected chi connectivity index (χ1v) is 8.86. The van der Waals surface area contributed by atoms with Crippen molar-refractivity contribution in [3.63, 3.8) is 0 Å². The van der Waals surface area contributed by atoms with Crippen LogP contribution in [0, 0.1) is 10.1 Å². The summed E-state index contributed by atoms with van der Waals surface area (Å²) >= 11 is 5.77. The van der Waals surface area contributed by atoms with Crippen LogP contribution < -0.4 is 5.32 Å². The highest BCUT2D eigenvalue weighted by atomic mass is 35.5. The fourth-order valence-corrected chi connectivity index (χ4v) is 3.04. The minimum Gasteiger partial charge on any atom is -0.322 e. The van der Waals surface area contributed by atoms with Crippen LogP contribution in [0.1, 0.15) is 24.5 Å². The van der Waals surface area contributed by atoms with Gasteiger partial charge in [-0.2, -0.15) is 5.10 Å². The van der Waals surface area contributed by atoms with Crippen LogP contribution in [0.2, 0.25) is 5.02 Å². The van der Waals surface area contributed by atoms with Gasteiger partial charge in [0, 0.05) is 11.6 Å². The maximum atomic E-state index is 12.7. The molecule has 1 aliphatic heterocycles. The van der Waals surface area contributed by atoms with Gasteiger partial charge in [0.1, 0.15) is 10.6 Å². The number of nitrogens with one attached hydrogen (secondary N) is 1. The number of benzene rings is 2. The Morgan fingerprint density at radius 1 is 1.25 bits per heavy atom. The molecule has 8 nitrogen and oxygen atoms in total. The van der Waals surface area contributed by atoms with Gasteiger partial charge in [-0.25, -0.2) is 4.79 Å². The van der Waals surface area contributed by atoms with Crippen molar-refractivity contribution in [3.8, 4) is 0 Å². The summed E-state index contributed by atoms with van der Waals surface area (Å²) < 4.78 is 0. The lowest BCUT2D eigenvalue weighted by Crippen LogP contribution is -2.44. The molecule has 9 heteroatoms. The molecule has 3 amide bonds. The Bertz CT molecular complexity index is 964. The summed E-state index contributed by atoms with van der Waals surface area (Å²) in [6.45, 7) is 1.65. The quantitative estimate of drug-likeness (QED) is 0.346. The van der Waals surface area contributed by atoms with Gasteiger partial charge < -0.3 is 5.32 Å². The van der Waals surface area contributed by atoms with E-state index in [1.165, 1.54) is 24.4 Å². The molecule has 1 N–H and O–H groups in total. The third-order valence-electron chi connectivity index (χ3n) is 4.49. The van der Waals surface area contributed by atoms with E-state index in [-0.39, 0.29) is 10.7 Å². The predicted molar refractivity (Wildman–Crippen MR) is 104 cm³/mol. The van der Waals surface area contributed by atoms with E-state index in [1.807, 2.05) is 30.3 Å². The van der Waals surface area contributed by atoms with Gasteiger partial charge in [0.15, 0.2) is 0 Å². The third-order valence-corrected chi connectivity index (χ3v) is 4.80. The summed E-state index contributed by atoms with van der Waals surface area (Å²) in [4.78, 5) is 35.3. The Morgan fingerprint density at radius 3 is 2.64 bits per heavy atom. The third kappa shape index (κ3) is 4.01. The Balaban J connectivity index is 1.74. The number of nitro groups is 1. The van der Waals surface area contributed by atoms with E-state index in [0.717, 1.165) is 10.6 Å². The number of imide groups is 1. The van der Waals surface area contributed by atoms with Crippen LogP contribution in [0.4, 0.5) is 10.5 Å². The highest BCUT2D eigenvalue weighted by Gasteiger charge is 2.47. The number of nitrogens with zero attached hydrogens (tertiary/aromatic N) is 3. The summed E-state index contributed by atoms with van der Waals surface area (Å²) in [6.07, 6.45) is 2.24. The van der Waals surface area contributed by atoms with Crippen LogP contribution in [-0.4, -0.2) is 33.6 Å². The first kappa shape index (κ1) is 19.5. The van der Waals surface area contributed by atoms with Crippen LogP contribution in [-0.2, 0) is 11.2 Å². The summed E-state index contributed by atoms with van der Waals surface area (Å²) in [5.74, 6) is -0.479. The standard InChI is InChI=1S/C19H17ClN4O4/c1-19(10-9-13-5-3-2-4-6-13)17(25)23(18(26)22-19)21-12-14-7-8-15(20)16(11-14)24(27)28/h2-8,11-12H,9-10H2,1H3,(H,22,26)/b21-12-/t19-/m0/s1. The summed E-state index contributed by atoms with van der Waals surface area (Å²) in [7, 11) is 0. The number of nitro benzene ring substituents is 1. The van der Waals surface area contributed by atoms with Crippen molar-refractivity contribution in [2.75, 3.05) is 0 Å². The zero-order chi connectivity index (χ0) is 20.3. The minimum atomic E-state index is -1.07. The molecule has 0 bridgehead atoms. The fraction of sp³-hybridized carbons (Fsp3) is 0.211. The molecule has 28 heavy (non-hydrogen) atoms. The van der Waals surface area contributed by atoms with Crippen molar-refractivity contribution in [1.82, 2.24) is 10.3 Å². The number of carbonyl (C=O) groups is 2. The molecule has 0 aliphatic carbocycles. The molecule has 1 atom stereocenters. The monoisotopic (exact) mass is 400 g/mol. The van der Waals surface area contributed by atoms with Crippen molar-refractivity contribution in [2.24, 2.45) is 5.10 Å². The van der Waals surface area contributed by atoms with Crippen molar-refractivity contribution in [2.45, 2.75) is 25.3 Å². The number of amides is 3. The molecule has 0 aromatic heterocycles. The molecule has 1 heterocycles. The molecule has 144 valence electrons. The molecule has 0 saturated carbocycles. The van der Waals surface area contributed by atoms with E-state index >= 15 is 0 Å². The lowest BCUT2D eigenvalue weighted by atomic mass is 9.93. The van der Waals surface area contributed by atoms with E-state index in [0.29, 0.717) is 18.4 Å². The Kier molecular flexibility index (Phi) is 5.41. The molecule has 2 aromatic carbocycles. The second-order valence-electron chi connectivity index (χ2n) is 6.58. The topological polar surface area (TPSA) is 105 Å². The van der Waals surface area contributed by atoms with Crippen LogP contribution in [0.25, 0.3) is 0 Å². The van der Waals surface area contributed by atoms with Gasteiger partial charge in [0.25, 0.3) is 11.6 Å². The van der Waals surface area contributed by atoms with Gasteiger partial charge >= 0.3 is 6.03 Å². The number of aryl methyl sites for hydroxylation is 1. The summed E-state index contributed by atoms with van der Waals surface area (Å²) in [5, 5.41) is 18.3. The van der Waals surface area contributed by atoms with Gasteiger partial charge in [0.2, 0.25) is 0 Å². The van der Waals surface area contributed by atoms with E-state index in [1.54, 1.807) is 6.92 Å². The SMILES string of the molecule is C[C@@]1(CCc2ccccc2)NC(=O)N(/N=C\c2ccc(Cl)c([N+](=O)[O-])c2)C1=O. The average molecular weight is 401 g/mol. The van der Waals surface area contributed by atoms with Crippen molar-refractivity contribution >= 4 is 35.4 Å². The lowest BCUT2D eigenvalue weighted by molar-refractivity contribution is -0.384. The van der Waals surface area contributed by atoms with Gasteiger partial charge in [-0.3, -0.25) is 14.9 Å². The summed E-state index contributed by atoms with van der Waals surface area (Å²) in [5.41, 5.74) is 0.0438. The van der Waals surface area contributed by atoms with Gasteiger partial charge in [-0.05, 0) is 31.4 Å². The Morgan fingerprint density at radius 2 is 1.96 bits per heavy atom. The van der Waals surface area contributed by atoms with E-state index in [4.69, 9.17) is 11.6 Å². The normalized spacial score (nSPS) is 19.3. The molecule has 1 aliphatic rings. The molecule has 2 aromatic rings. The summed E-state index contributed by atoms with van der Waals surface area (Å²) in [6, 6.07) is 13.1. The molecule has 0 spiro atoms. The van der Waals surface area contributed by atoms with E-state index in [2.05, 4.69) is 10.4 Å². The van der Waals surface area contributed by atoms with Crippen molar-refractivity contribution in [1.29, 1.82) is 0 Å². The highest BCUT2D eigenvalue weighted by Crippen LogP contribution is 2.26. The second kappa shape index (κ2) is 7.77. The molecule has 1 saturated heterocycles. The molecular weight excluding hydrogens is 384 g/mol. The number of carbonyl (C=O) groups excluding carboxylic acids is 2. The van der Waals surface area contributed by atoms with Crippen LogP contribution in [0.3, 0.4) is 0 Å². The largest absolute Gasteiger partial charge is 0.346 e. The number of rotatable bonds is 6. The Hall–Kier alpha value is -3.26. The number of urea groups is 1. The van der Waals surface area contributed by atoms with Crippen LogP contribution in [0.5, 0.6) is 0 Å². The maximum absolute atomic E-state index is 12.7. The first-order chi connectivity index (χ1) is 13.3. The van der Waals surface area contributed by atoms with Crippen molar-refractivity contribution < 1.29 is 14.5 Å². The second-order valence-corrected chi connectivity index (χ2v) is 6.98. The highest BCUT2D eigenvalue weighted by molar-refractivity contribution is 6.32. The Labute approximate surface area is 165 Å².